The van der Waals surface area contributed by atoms with Gasteiger partial charge in [0.25, 0.3) is 0 Å². The van der Waals surface area contributed by atoms with E-state index in [1.54, 1.807) is 0 Å². The second-order valence-electron chi connectivity index (χ2n) is 5.65. The maximum absolute atomic E-state index is 9.90. The molecule has 0 aliphatic carbocycles. The highest BCUT2D eigenvalue weighted by atomic mass is 16.3. The highest BCUT2D eigenvalue weighted by molar-refractivity contribution is 5.57. The Morgan fingerprint density at radius 2 is 1.78 bits per heavy atom. The Balaban J connectivity index is 1.96. The SMILES string of the molecule is C[C@@H](O)c1ccccc1N1C2CCC1CC(O)C2. The fourth-order valence-electron chi connectivity index (χ4n) is 3.62. The number of fused-ring (bicyclic) bond motifs is 2. The van der Waals surface area contributed by atoms with E-state index in [9.17, 15) is 10.2 Å². The van der Waals surface area contributed by atoms with Crippen molar-refractivity contribution >= 4 is 5.69 Å². The zero-order valence-electron chi connectivity index (χ0n) is 10.8. The number of piperidine rings is 1. The first-order valence-corrected chi connectivity index (χ1v) is 6.90. The van der Waals surface area contributed by atoms with Crippen molar-refractivity contribution in [1.82, 2.24) is 0 Å². The van der Waals surface area contributed by atoms with Crippen molar-refractivity contribution in [3.8, 4) is 0 Å². The lowest BCUT2D eigenvalue weighted by atomic mass is 9.97. The van der Waals surface area contributed by atoms with Gasteiger partial charge in [-0.3, -0.25) is 0 Å². The monoisotopic (exact) mass is 247 g/mol. The molecule has 2 bridgehead atoms. The minimum atomic E-state index is -0.438. The molecule has 18 heavy (non-hydrogen) atoms. The number of benzene rings is 1. The van der Waals surface area contributed by atoms with Gasteiger partial charge >= 0.3 is 0 Å². The predicted octanol–water partition coefficient (Wildman–Crippen LogP) is 2.23. The number of rotatable bonds is 2. The zero-order valence-corrected chi connectivity index (χ0v) is 10.8. The number of hydrogen-bond acceptors (Lipinski definition) is 3. The van der Waals surface area contributed by atoms with Gasteiger partial charge in [0.1, 0.15) is 0 Å². The van der Waals surface area contributed by atoms with E-state index in [1.807, 2.05) is 25.1 Å². The minimum Gasteiger partial charge on any atom is -0.393 e. The van der Waals surface area contributed by atoms with Crippen molar-refractivity contribution in [2.75, 3.05) is 4.90 Å². The molecular weight excluding hydrogens is 226 g/mol. The lowest BCUT2D eigenvalue weighted by Crippen LogP contribution is -2.45. The Morgan fingerprint density at radius 1 is 1.17 bits per heavy atom. The molecular formula is C15H21NO2. The maximum atomic E-state index is 9.90. The number of nitrogens with zero attached hydrogens (tertiary/aromatic N) is 1. The Hall–Kier alpha value is -1.06. The Morgan fingerprint density at radius 3 is 2.39 bits per heavy atom. The van der Waals surface area contributed by atoms with Crippen LogP contribution in [-0.2, 0) is 0 Å². The molecule has 2 unspecified atom stereocenters. The van der Waals surface area contributed by atoms with Gasteiger partial charge < -0.3 is 15.1 Å². The van der Waals surface area contributed by atoms with E-state index < -0.39 is 6.10 Å². The summed E-state index contributed by atoms with van der Waals surface area (Å²) in [6, 6.07) is 9.00. The van der Waals surface area contributed by atoms with Crippen LogP contribution in [0.1, 0.15) is 44.3 Å². The van der Waals surface area contributed by atoms with Crippen molar-refractivity contribution in [1.29, 1.82) is 0 Å². The molecule has 3 rings (SSSR count). The summed E-state index contributed by atoms with van der Waals surface area (Å²) in [5.41, 5.74) is 2.16. The highest BCUT2D eigenvalue weighted by Gasteiger charge is 2.40. The first kappa shape index (κ1) is 12.0. The molecule has 2 heterocycles. The Kier molecular flexibility index (Phi) is 3.04. The molecule has 3 heteroatoms. The lowest BCUT2D eigenvalue weighted by molar-refractivity contribution is 0.126. The van der Waals surface area contributed by atoms with E-state index in [2.05, 4.69) is 11.0 Å². The summed E-state index contributed by atoms with van der Waals surface area (Å²) < 4.78 is 0. The second-order valence-corrected chi connectivity index (χ2v) is 5.65. The van der Waals surface area contributed by atoms with Gasteiger partial charge in [0.05, 0.1) is 12.2 Å². The van der Waals surface area contributed by atoms with E-state index in [0.717, 1.165) is 36.9 Å². The van der Waals surface area contributed by atoms with Crippen LogP contribution in [0.5, 0.6) is 0 Å². The smallest absolute Gasteiger partial charge is 0.0781 e. The summed E-state index contributed by atoms with van der Waals surface area (Å²) in [6.07, 6.45) is 3.48. The topological polar surface area (TPSA) is 43.7 Å². The molecule has 2 aliphatic heterocycles. The quantitative estimate of drug-likeness (QED) is 0.842. The van der Waals surface area contributed by atoms with Crippen LogP contribution in [0.2, 0.25) is 0 Å². The summed E-state index contributed by atoms with van der Waals surface area (Å²) in [5.74, 6) is 0. The number of aliphatic hydroxyl groups excluding tert-OH is 2. The highest BCUT2D eigenvalue weighted by Crippen LogP contribution is 2.41. The van der Waals surface area contributed by atoms with E-state index in [0.29, 0.717) is 12.1 Å². The molecule has 1 aromatic rings. The van der Waals surface area contributed by atoms with E-state index in [-0.39, 0.29) is 6.10 Å². The van der Waals surface area contributed by atoms with Gasteiger partial charge in [-0.1, -0.05) is 18.2 Å². The van der Waals surface area contributed by atoms with Crippen molar-refractivity contribution in [3.63, 3.8) is 0 Å². The normalized spacial score (nSPS) is 32.6. The summed E-state index contributed by atoms with van der Waals surface area (Å²) in [5, 5.41) is 19.8. The third kappa shape index (κ3) is 1.91. The molecule has 1 aromatic carbocycles. The number of anilines is 1. The van der Waals surface area contributed by atoms with Crippen LogP contribution in [0, 0.1) is 0 Å². The van der Waals surface area contributed by atoms with Crippen LogP contribution in [0.3, 0.4) is 0 Å². The fraction of sp³-hybridized carbons (Fsp3) is 0.600. The van der Waals surface area contributed by atoms with Crippen molar-refractivity contribution < 1.29 is 10.2 Å². The molecule has 3 atom stereocenters. The van der Waals surface area contributed by atoms with Crippen LogP contribution in [-0.4, -0.2) is 28.4 Å². The summed E-state index contributed by atoms with van der Waals surface area (Å²) in [7, 11) is 0. The third-order valence-corrected chi connectivity index (χ3v) is 4.37. The molecule has 0 saturated carbocycles. The van der Waals surface area contributed by atoms with Crippen molar-refractivity contribution in [2.45, 2.75) is 56.9 Å². The molecule has 98 valence electrons. The Labute approximate surface area is 108 Å². The van der Waals surface area contributed by atoms with Gasteiger partial charge in [-0.25, -0.2) is 0 Å². The number of para-hydroxylation sites is 1. The van der Waals surface area contributed by atoms with E-state index >= 15 is 0 Å². The van der Waals surface area contributed by atoms with E-state index in [4.69, 9.17) is 0 Å². The third-order valence-electron chi connectivity index (χ3n) is 4.37. The first-order chi connectivity index (χ1) is 8.66. The van der Waals surface area contributed by atoms with Gasteiger partial charge in [-0.05, 0) is 38.7 Å². The zero-order chi connectivity index (χ0) is 12.7. The summed E-state index contributed by atoms with van der Waals surface area (Å²) in [6.45, 7) is 1.82. The van der Waals surface area contributed by atoms with Gasteiger partial charge in [-0.2, -0.15) is 0 Å². The van der Waals surface area contributed by atoms with Crippen LogP contribution in [0.4, 0.5) is 5.69 Å². The Bertz CT molecular complexity index is 418. The maximum Gasteiger partial charge on any atom is 0.0781 e. The molecule has 2 saturated heterocycles. The lowest BCUT2D eigenvalue weighted by Gasteiger charge is -2.40. The molecule has 3 nitrogen and oxygen atoms in total. The molecule has 2 fully saturated rings. The molecule has 2 N–H and O–H groups in total. The van der Waals surface area contributed by atoms with Crippen LogP contribution in [0.15, 0.2) is 24.3 Å². The standard InChI is InChI=1S/C15H21NO2/c1-10(17)14-4-2-3-5-15(14)16-11-6-7-12(16)9-13(18)8-11/h2-5,10-13,17-18H,6-9H2,1H3/t10-,11?,12?,13?/m1/s1. The van der Waals surface area contributed by atoms with Crippen LogP contribution in [0.25, 0.3) is 0 Å². The molecule has 0 radical (unpaired) electrons. The molecule has 2 aliphatic rings. The first-order valence-electron chi connectivity index (χ1n) is 6.90. The second kappa shape index (κ2) is 4.56. The van der Waals surface area contributed by atoms with Gasteiger partial charge in [-0.15, -0.1) is 0 Å². The number of hydrogen-bond donors (Lipinski definition) is 2. The molecule has 0 spiro atoms. The van der Waals surface area contributed by atoms with Crippen LogP contribution < -0.4 is 4.90 Å². The summed E-state index contributed by atoms with van der Waals surface area (Å²) in [4.78, 5) is 2.44. The van der Waals surface area contributed by atoms with E-state index in [1.165, 1.54) is 0 Å². The average Bonchev–Trinajstić information content (AvgIpc) is 2.61. The minimum absolute atomic E-state index is 0.141. The van der Waals surface area contributed by atoms with Crippen LogP contribution >= 0.6 is 0 Å². The fourth-order valence-corrected chi connectivity index (χ4v) is 3.62. The number of aliphatic hydroxyl groups is 2. The average molecular weight is 247 g/mol. The van der Waals surface area contributed by atoms with Crippen molar-refractivity contribution in [2.24, 2.45) is 0 Å². The largest absolute Gasteiger partial charge is 0.393 e. The van der Waals surface area contributed by atoms with Crippen molar-refractivity contribution in [3.05, 3.63) is 29.8 Å². The molecule has 0 amide bonds. The van der Waals surface area contributed by atoms with Gasteiger partial charge in [0.15, 0.2) is 0 Å². The van der Waals surface area contributed by atoms with Gasteiger partial charge in [0.2, 0.25) is 0 Å². The predicted molar refractivity (Wildman–Crippen MR) is 71.6 cm³/mol. The molecule has 0 aromatic heterocycles. The van der Waals surface area contributed by atoms with Gasteiger partial charge in [0, 0.05) is 23.3 Å². The summed E-state index contributed by atoms with van der Waals surface area (Å²) >= 11 is 0.